The van der Waals surface area contributed by atoms with Crippen molar-refractivity contribution in [1.82, 2.24) is 9.55 Å². The highest BCUT2D eigenvalue weighted by Gasteiger charge is 2.46. The van der Waals surface area contributed by atoms with Gasteiger partial charge in [0.25, 0.3) is 5.56 Å². The third kappa shape index (κ3) is 6.66. The zero-order valence-corrected chi connectivity index (χ0v) is 19.9. The molecule has 2 unspecified atom stereocenters. The second-order valence-electron chi connectivity index (χ2n) is 6.62. The summed E-state index contributed by atoms with van der Waals surface area (Å²) >= 11 is 1.18. The van der Waals surface area contributed by atoms with Crippen molar-refractivity contribution in [1.29, 1.82) is 0 Å². The van der Waals surface area contributed by atoms with Gasteiger partial charge in [0, 0.05) is 11.1 Å². The van der Waals surface area contributed by atoms with Crippen LogP contribution in [-0.4, -0.2) is 64.3 Å². The summed E-state index contributed by atoms with van der Waals surface area (Å²) in [6.07, 6.45) is -5.73. The molecule has 0 aromatic carbocycles. The first-order chi connectivity index (χ1) is 15.6. The number of H-pyrrole nitrogens is 1. The maximum atomic E-state index is 12.3. The number of nitrogens with one attached hydrogen (secondary N) is 1. The molecule has 1 fully saturated rings. The molecule has 0 radical (unpaired) electrons. The van der Waals surface area contributed by atoms with Crippen LogP contribution in [-0.2, 0) is 31.6 Å². The van der Waals surface area contributed by atoms with Crippen molar-refractivity contribution in [2.45, 2.75) is 24.5 Å². The number of aliphatic hydroxyl groups is 2. The zero-order chi connectivity index (χ0) is 25.5. The van der Waals surface area contributed by atoms with Gasteiger partial charge in [0.1, 0.15) is 18.3 Å². The van der Waals surface area contributed by atoms with Gasteiger partial charge in [-0.15, -0.1) is 11.3 Å². The molecule has 3 heterocycles. The number of nitrogens with zero attached hydrogens (tertiary/aromatic N) is 1. The van der Waals surface area contributed by atoms with E-state index in [0.29, 0.717) is 4.88 Å². The fourth-order valence-electron chi connectivity index (χ4n) is 2.85. The maximum absolute atomic E-state index is 12.3. The van der Waals surface area contributed by atoms with Gasteiger partial charge in [-0.05, 0) is 11.4 Å². The minimum atomic E-state index is -5.76. The number of rotatable bonds is 9. The van der Waals surface area contributed by atoms with Crippen molar-refractivity contribution in [2.75, 3.05) is 6.61 Å². The second-order valence-corrected chi connectivity index (χ2v) is 12.0. The summed E-state index contributed by atoms with van der Waals surface area (Å²) < 4.78 is 51.4. The molecule has 0 aliphatic carbocycles. The van der Waals surface area contributed by atoms with Crippen molar-refractivity contribution in [2.24, 2.45) is 0 Å². The molecule has 3 rings (SSSR count). The smallest absolute Gasteiger partial charge is 0.387 e. The van der Waals surface area contributed by atoms with Gasteiger partial charge in [0.05, 0.1) is 12.2 Å². The van der Waals surface area contributed by atoms with E-state index in [1.54, 1.807) is 17.5 Å². The third-order valence-electron chi connectivity index (χ3n) is 4.18. The molecule has 1 aliphatic heterocycles. The van der Waals surface area contributed by atoms with Crippen LogP contribution in [0.2, 0.25) is 0 Å². The van der Waals surface area contributed by atoms with E-state index in [1.807, 2.05) is 4.98 Å². The molecule has 2 aromatic rings. The van der Waals surface area contributed by atoms with Crippen LogP contribution in [0.5, 0.6) is 0 Å². The Bertz CT molecular complexity index is 1290. The molecule has 0 amide bonds. The molecule has 0 bridgehead atoms. The molecular formula is C13H17N2O15P3S. The van der Waals surface area contributed by atoms with Crippen molar-refractivity contribution in [3.05, 3.63) is 44.5 Å². The predicted octanol–water partition coefficient (Wildman–Crippen LogP) is -0.772. The van der Waals surface area contributed by atoms with E-state index in [9.17, 15) is 38.4 Å². The fourth-order valence-corrected chi connectivity index (χ4v) is 6.61. The van der Waals surface area contributed by atoms with Gasteiger partial charge in [-0.25, -0.2) is 18.5 Å². The second kappa shape index (κ2) is 9.97. The lowest BCUT2D eigenvalue weighted by molar-refractivity contribution is -0.0541. The molecule has 6 atom stereocenters. The van der Waals surface area contributed by atoms with Gasteiger partial charge < -0.3 is 34.5 Å². The SMILES string of the molecule is O=c1[nH]c(=O)n([C@@H]2O[C@H](COP(=O)(O)OP(=O)(O)OP(=O)(O)O)[C@@H](O)[C@@H]2O)cc1-c1cccs1. The van der Waals surface area contributed by atoms with E-state index in [1.165, 1.54) is 11.3 Å². The van der Waals surface area contributed by atoms with Gasteiger partial charge in [-0.1, -0.05) is 6.07 Å². The number of ether oxygens (including phenoxy) is 1. The molecule has 1 saturated heterocycles. The van der Waals surface area contributed by atoms with E-state index in [0.717, 1.165) is 10.8 Å². The molecule has 190 valence electrons. The Labute approximate surface area is 192 Å². The van der Waals surface area contributed by atoms with Gasteiger partial charge >= 0.3 is 29.2 Å². The summed E-state index contributed by atoms with van der Waals surface area (Å²) in [4.78, 5) is 62.6. The van der Waals surface area contributed by atoms with Gasteiger partial charge in [0.2, 0.25) is 0 Å². The van der Waals surface area contributed by atoms with Gasteiger partial charge in [0.15, 0.2) is 6.23 Å². The van der Waals surface area contributed by atoms with Crippen LogP contribution in [0.1, 0.15) is 6.23 Å². The summed E-state index contributed by atoms with van der Waals surface area (Å²) in [6.45, 7) is -1.06. The zero-order valence-electron chi connectivity index (χ0n) is 16.4. The van der Waals surface area contributed by atoms with Crippen LogP contribution in [0.15, 0.2) is 33.3 Å². The van der Waals surface area contributed by atoms with Crippen LogP contribution >= 0.6 is 34.8 Å². The van der Waals surface area contributed by atoms with E-state index >= 15 is 0 Å². The number of aromatic amines is 1. The minimum Gasteiger partial charge on any atom is -0.387 e. The Morgan fingerprint density at radius 2 is 1.74 bits per heavy atom. The number of thiophene rings is 1. The quantitative estimate of drug-likeness (QED) is 0.184. The summed E-state index contributed by atoms with van der Waals surface area (Å²) in [7, 11) is -16.9. The summed E-state index contributed by atoms with van der Waals surface area (Å²) in [5, 5.41) is 22.2. The highest BCUT2D eigenvalue weighted by atomic mass is 32.1. The lowest BCUT2D eigenvalue weighted by Gasteiger charge is -2.19. The minimum absolute atomic E-state index is 0.0524. The number of aromatic nitrogens is 2. The average molecular weight is 566 g/mol. The molecule has 0 spiro atoms. The van der Waals surface area contributed by atoms with Gasteiger partial charge in [-0.3, -0.25) is 18.9 Å². The topological polar surface area (TPSA) is 264 Å². The Morgan fingerprint density at radius 3 is 2.32 bits per heavy atom. The Kier molecular flexibility index (Phi) is 7.99. The molecule has 17 nitrogen and oxygen atoms in total. The Balaban J connectivity index is 1.75. The maximum Gasteiger partial charge on any atom is 0.490 e. The van der Waals surface area contributed by atoms with Crippen LogP contribution in [0.25, 0.3) is 10.4 Å². The molecular weight excluding hydrogens is 549 g/mol. The number of phosphoric acid groups is 3. The highest BCUT2D eigenvalue weighted by molar-refractivity contribution is 7.66. The molecule has 2 aromatic heterocycles. The van der Waals surface area contributed by atoms with Crippen LogP contribution in [0.4, 0.5) is 0 Å². The van der Waals surface area contributed by atoms with E-state index in [2.05, 4.69) is 13.1 Å². The molecule has 1 aliphatic rings. The third-order valence-corrected chi connectivity index (χ3v) is 8.89. The molecule has 34 heavy (non-hydrogen) atoms. The molecule has 21 heteroatoms. The number of aliphatic hydroxyl groups excluding tert-OH is 2. The highest BCUT2D eigenvalue weighted by Crippen LogP contribution is 2.66. The van der Waals surface area contributed by atoms with Crippen molar-refractivity contribution >= 4 is 34.8 Å². The average Bonchev–Trinajstić information content (AvgIpc) is 3.28. The van der Waals surface area contributed by atoms with Crippen molar-refractivity contribution in [3.8, 4) is 10.4 Å². The van der Waals surface area contributed by atoms with E-state index < -0.39 is 65.9 Å². The first-order valence-electron chi connectivity index (χ1n) is 8.78. The normalized spacial score (nSPS) is 26.8. The Morgan fingerprint density at radius 1 is 1.06 bits per heavy atom. The first kappa shape index (κ1) is 27.3. The summed E-state index contributed by atoms with van der Waals surface area (Å²) in [5.41, 5.74) is -1.67. The largest absolute Gasteiger partial charge is 0.490 e. The van der Waals surface area contributed by atoms with Crippen LogP contribution in [0.3, 0.4) is 0 Å². The van der Waals surface area contributed by atoms with Crippen molar-refractivity contribution in [3.63, 3.8) is 0 Å². The van der Waals surface area contributed by atoms with E-state index in [4.69, 9.17) is 19.4 Å². The first-order valence-corrected chi connectivity index (χ1v) is 14.2. The monoisotopic (exact) mass is 566 g/mol. The van der Waals surface area contributed by atoms with E-state index in [-0.39, 0.29) is 5.56 Å². The number of hydrogen-bond donors (Lipinski definition) is 7. The molecule has 7 N–H and O–H groups in total. The van der Waals surface area contributed by atoms with Crippen LogP contribution < -0.4 is 11.2 Å². The summed E-state index contributed by atoms with van der Waals surface area (Å²) in [6, 6.07) is 3.24. The standard InChI is InChI=1S/C13H17N2O15P3S/c16-9-7(5-27-32(23,24)30-33(25,26)29-31(20,21)22)28-12(10(9)17)15-4-6(8-2-1-3-34-8)11(18)14-13(15)19/h1-4,7,9-10,12,16-17H,5H2,(H,23,24)(H,25,26)(H,14,18,19)(H2,20,21,22)/t7-,9-,10+,12-/m1/s1. The Hall–Kier alpha value is -1.33. The van der Waals surface area contributed by atoms with Crippen molar-refractivity contribution < 1.29 is 61.4 Å². The van der Waals surface area contributed by atoms with Gasteiger partial charge in [-0.2, -0.15) is 8.62 Å². The van der Waals surface area contributed by atoms with Crippen LogP contribution in [0, 0.1) is 0 Å². The number of hydrogen-bond acceptors (Lipinski definition) is 12. The molecule has 0 saturated carbocycles. The summed E-state index contributed by atoms with van der Waals surface area (Å²) in [5.74, 6) is 0. The fraction of sp³-hybridized carbons (Fsp3) is 0.385. The lowest BCUT2D eigenvalue weighted by atomic mass is 10.1. The number of phosphoric ester groups is 1. The predicted molar refractivity (Wildman–Crippen MR) is 110 cm³/mol. The lowest BCUT2D eigenvalue weighted by Crippen LogP contribution is -2.38.